The second-order valence-electron chi connectivity index (χ2n) is 4.07. The standard InChI is InChI=1S/C12H23N3O/c1-3-7-15(12(16)4-2)11-10-14-8-5-13-6-9-14/h3,13H,1,4-11H2,2H3. The molecule has 1 amide bonds. The van der Waals surface area contributed by atoms with Gasteiger partial charge in [0.2, 0.25) is 5.91 Å². The van der Waals surface area contributed by atoms with Crippen molar-refractivity contribution in [2.45, 2.75) is 13.3 Å². The molecule has 0 unspecified atom stereocenters. The Morgan fingerprint density at radius 2 is 2.19 bits per heavy atom. The van der Waals surface area contributed by atoms with Crippen LogP contribution in [0.25, 0.3) is 0 Å². The number of carbonyl (C=O) groups excluding carboxylic acids is 1. The van der Waals surface area contributed by atoms with Crippen LogP contribution in [-0.2, 0) is 4.79 Å². The molecule has 0 aromatic heterocycles. The number of amides is 1. The minimum atomic E-state index is 0.218. The molecule has 0 bridgehead atoms. The molecule has 16 heavy (non-hydrogen) atoms. The largest absolute Gasteiger partial charge is 0.338 e. The lowest BCUT2D eigenvalue weighted by molar-refractivity contribution is -0.130. The average Bonchev–Trinajstić information content (AvgIpc) is 2.34. The number of rotatable bonds is 6. The zero-order chi connectivity index (χ0) is 11.8. The average molecular weight is 225 g/mol. The van der Waals surface area contributed by atoms with Crippen molar-refractivity contribution >= 4 is 5.91 Å². The summed E-state index contributed by atoms with van der Waals surface area (Å²) in [4.78, 5) is 15.9. The van der Waals surface area contributed by atoms with Crippen LogP contribution in [0.4, 0.5) is 0 Å². The van der Waals surface area contributed by atoms with E-state index >= 15 is 0 Å². The van der Waals surface area contributed by atoms with Gasteiger partial charge in [0.05, 0.1) is 0 Å². The maximum Gasteiger partial charge on any atom is 0.222 e. The molecular weight excluding hydrogens is 202 g/mol. The number of nitrogens with zero attached hydrogens (tertiary/aromatic N) is 2. The quantitative estimate of drug-likeness (QED) is 0.661. The Labute approximate surface area is 98.3 Å². The lowest BCUT2D eigenvalue weighted by Gasteiger charge is -2.30. The van der Waals surface area contributed by atoms with E-state index in [-0.39, 0.29) is 5.91 Å². The van der Waals surface area contributed by atoms with Crippen LogP contribution in [0, 0.1) is 0 Å². The molecule has 1 rings (SSSR count). The van der Waals surface area contributed by atoms with Gasteiger partial charge in [0.15, 0.2) is 0 Å². The first-order valence-corrected chi connectivity index (χ1v) is 6.09. The molecule has 92 valence electrons. The van der Waals surface area contributed by atoms with Crippen molar-refractivity contribution in [1.29, 1.82) is 0 Å². The van der Waals surface area contributed by atoms with Crippen LogP contribution < -0.4 is 5.32 Å². The van der Waals surface area contributed by atoms with Gasteiger partial charge in [-0.15, -0.1) is 6.58 Å². The second-order valence-corrected chi connectivity index (χ2v) is 4.07. The number of piperazine rings is 1. The van der Waals surface area contributed by atoms with E-state index in [0.29, 0.717) is 13.0 Å². The van der Waals surface area contributed by atoms with Gasteiger partial charge in [0, 0.05) is 52.2 Å². The van der Waals surface area contributed by atoms with E-state index in [1.807, 2.05) is 11.8 Å². The van der Waals surface area contributed by atoms with Crippen LogP contribution in [0.2, 0.25) is 0 Å². The van der Waals surface area contributed by atoms with Gasteiger partial charge in [-0.2, -0.15) is 0 Å². The van der Waals surface area contributed by atoms with Gasteiger partial charge in [-0.3, -0.25) is 9.69 Å². The van der Waals surface area contributed by atoms with E-state index in [2.05, 4.69) is 16.8 Å². The molecule has 1 aliphatic rings. The maximum absolute atomic E-state index is 11.6. The smallest absolute Gasteiger partial charge is 0.222 e. The summed E-state index contributed by atoms with van der Waals surface area (Å²) in [6, 6.07) is 0. The molecule has 0 aromatic rings. The summed E-state index contributed by atoms with van der Waals surface area (Å²) in [6.45, 7) is 12.3. The highest BCUT2D eigenvalue weighted by molar-refractivity contribution is 5.75. The number of carbonyl (C=O) groups is 1. The molecule has 1 fully saturated rings. The SMILES string of the molecule is C=CCN(CCN1CCNCC1)C(=O)CC. The minimum Gasteiger partial charge on any atom is -0.338 e. The number of hydrogen-bond acceptors (Lipinski definition) is 3. The molecule has 0 aromatic carbocycles. The fourth-order valence-corrected chi connectivity index (χ4v) is 1.89. The molecule has 0 saturated carbocycles. The topological polar surface area (TPSA) is 35.6 Å². The zero-order valence-corrected chi connectivity index (χ0v) is 10.2. The lowest BCUT2D eigenvalue weighted by atomic mass is 10.3. The van der Waals surface area contributed by atoms with Gasteiger partial charge in [-0.05, 0) is 0 Å². The van der Waals surface area contributed by atoms with E-state index in [9.17, 15) is 4.79 Å². The molecule has 1 aliphatic heterocycles. The van der Waals surface area contributed by atoms with Crippen LogP contribution >= 0.6 is 0 Å². The summed E-state index contributed by atoms with van der Waals surface area (Å²) in [5, 5.41) is 3.32. The van der Waals surface area contributed by atoms with Crippen molar-refractivity contribution in [3.05, 3.63) is 12.7 Å². The third kappa shape index (κ3) is 4.33. The van der Waals surface area contributed by atoms with Crippen molar-refractivity contribution in [2.24, 2.45) is 0 Å². The monoisotopic (exact) mass is 225 g/mol. The second kappa shape index (κ2) is 7.41. The molecule has 0 radical (unpaired) electrons. The van der Waals surface area contributed by atoms with Gasteiger partial charge < -0.3 is 10.2 Å². The number of hydrogen-bond donors (Lipinski definition) is 1. The molecule has 0 aliphatic carbocycles. The first kappa shape index (κ1) is 13.2. The summed E-state index contributed by atoms with van der Waals surface area (Å²) < 4.78 is 0. The van der Waals surface area contributed by atoms with E-state index in [0.717, 1.165) is 39.3 Å². The summed E-state index contributed by atoms with van der Waals surface area (Å²) in [5.74, 6) is 0.218. The zero-order valence-electron chi connectivity index (χ0n) is 10.2. The van der Waals surface area contributed by atoms with Crippen molar-refractivity contribution in [3.8, 4) is 0 Å². The molecular formula is C12H23N3O. The van der Waals surface area contributed by atoms with Crippen molar-refractivity contribution in [2.75, 3.05) is 45.8 Å². The van der Waals surface area contributed by atoms with E-state index < -0.39 is 0 Å². The Balaban J connectivity index is 2.30. The molecule has 0 spiro atoms. The van der Waals surface area contributed by atoms with Gasteiger partial charge in [0.1, 0.15) is 0 Å². The Morgan fingerprint density at radius 3 is 2.75 bits per heavy atom. The van der Waals surface area contributed by atoms with Crippen LogP contribution in [0.1, 0.15) is 13.3 Å². The van der Waals surface area contributed by atoms with Crippen molar-refractivity contribution < 1.29 is 4.79 Å². The van der Waals surface area contributed by atoms with Crippen molar-refractivity contribution in [1.82, 2.24) is 15.1 Å². The van der Waals surface area contributed by atoms with E-state index in [1.54, 1.807) is 6.08 Å². The third-order valence-corrected chi connectivity index (χ3v) is 2.90. The van der Waals surface area contributed by atoms with Gasteiger partial charge >= 0.3 is 0 Å². The highest BCUT2D eigenvalue weighted by atomic mass is 16.2. The Hall–Kier alpha value is -0.870. The predicted octanol–water partition coefficient (Wildman–Crippen LogP) is 0.316. The van der Waals surface area contributed by atoms with Crippen LogP contribution in [0.15, 0.2) is 12.7 Å². The fourth-order valence-electron chi connectivity index (χ4n) is 1.89. The van der Waals surface area contributed by atoms with Crippen LogP contribution in [0.3, 0.4) is 0 Å². The molecule has 1 heterocycles. The highest BCUT2D eigenvalue weighted by Gasteiger charge is 2.13. The molecule has 1 saturated heterocycles. The molecule has 4 heteroatoms. The highest BCUT2D eigenvalue weighted by Crippen LogP contribution is 1.98. The number of nitrogens with one attached hydrogen (secondary N) is 1. The first-order chi connectivity index (χ1) is 7.77. The summed E-state index contributed by atoms with van der Waals surface area (Å²) >= 11 is 0. The fraction of sp³-hybridized carbons (Fsp3) is 0.750. The van der Waals surface area contributed by atoms with Gasteiger partial charge in [0.25, 0.3) is 0 Å². The normalized spacial score (nSPS) is 17.1. The Morgan fingerprint density at radius 1 is 1.50 bits per heavy atom. The van der Waals surface area contributed by atoms with Gasteiger partial charge in [-0.25, -0.2) is 0 Å². The Bertz CT molecular complexity index is 224. The first-order valence-electron chi connectivity index (χ1n) is 6.09. The molecule has 0 atom stereocenters. The lowest BCUT2D eigenvalue weighted by Crippen LogP contribution is -2.47. The van der Waals surface area contributed by atoms with Gasteiger partial charge in [-0.1, -0.05) is 13.0 Å². The predicted molar refractivity (Wildman–Crippen MR) is 66.4 cm³/mol. The molecule has 1 N–H and O–H groups in total. The van der Waals surface area contributed by atoms with Crippen molar-refractivity contribution in [3.63, 3.8) is 0 Å². The molecule has 4 nitrogen and oxygen atoms in total. The van der Waals surface area contributed by atoms with E-state index in [1.165, 1.54) is 0 Å². The van der Waals surface area contributed by atoms with Crippen LogP contribution in [0.5, 0.6) is 0 Å². The summed E-state index contributed by atoms with van der Waals surface area (Å²) in [6.07, 6.45) is 2.38. The summed E-state index contributed by atoms with van der Waals surface area (Å²) in [7, 11) is 0. The third-order valence-electron chi connectivity index (χ3n) is 2.90. The minimum absolute atomic E-state index is 0.218. The maximum atomic E-state index is 11.6. The Kier molecular flexibility index (Phi) is 6.11. The van der Waals surface area contributed by atoms with Crippen LogP contribution in [-0.4, -0.2) is 61.5 Å². The van der Waals surface area contributed by atoms with E-state index in [4.69, 9.17) is 0 Å². The summed E-state index contributed by atoms with van der Waals surface area (Å²) in [5.41, 5.74) is 0.